The zero-order valence-electron chi connectivity index (χ0n) is 8.40. The molecule has 0 atom stereocenters. The minimum atomic E-state index is -1.12. The number of aryl methyl sites for hydroxylation is 1. The lowest BCUT2D eigenvalue weighted by molar-refractivity contribution is 0.0686. The predicted molar refractivity (Wildman–Crippen MR) is 58.6 cm³/mol. The number of hydrogen-bond donors (Lipinski definition) is 1. The maximum Gasteiger partial charge on any atom is 0.358 e. The molecule has 1 heterocycles. The largest absolute Gasteiger partial charge is 0.476 e. The molecule has 0 radical (unpaired) electrons. The monoisotopic (exact) mass is 237 g/mol. The van der Waals surface area contributed by atoms with Crippen molar-refractivity contribution in [2.24, 2.45) is 0 Å². The summed E-state index contributed by atoms with van der Waals surface area (Å²) in [5, 5.41) is 12.7. The van der Waals surface area contributed by atoms with Gasteiger partial charge in [0, 0.05) is 16.7 Å². The van der Waals surface area contributed by atoms with Crippen molar-refractivity contribution in [3.8, 4) is 11.3 Å². The number of carboxylic acid groups (broad SMARTS) is 1. The van der Waals surface area contributed by atoms with Gasteiger partial charge in [0.15, 0.2) is 11.5 Å². The summed E-state index contributed by atoms with van der Waals surface area (Å²) in [6, 6.07) is 6.71. The molecule has 1 N–H and O–H groups in total. The molecule has 2 rings (SSSR count). The van der Waals surface area contributed by atoms with Crippen LogP contribution in [0, 0.1) is 6.92 Å². The molecule has 0 aliphatic heterocycles. The molecule has 0 fully saturated rings. The highest BCUT2D eigenvalue weighted by molar-refractivity contribution is 6.30. The molecule has 0 saturated heterocycles. The summed E-state index contributed by atoms with van der Waals surface area (Å²) in [7, 11) is 0. The molecule has 2 aromatic rings. The van der Waals surface area contributed by atoms with Crippen LogP contribution in [0.25, 0.3) is 11.3 Å². The molecule has 0 amide bonds. The Labute approximate surface area is 96.4 Å². The summed E-state index contributed by atoms with van der Waals surface area (Å²) in [6.07, 6.45) is 0. The lowest BCUT2D eigenvalue weighted by Gasteiger charge is -1.98. The molecule has 0 aliphatic rings. The van der Waals surface area contributed by atoms with E-state index in [1.807, 2.05) is 13.0 Å². The van der Waals surface area contributed by atoms with Gasteiger partial charge in [-0.2, -0.15) is 0 Å². The number of rotatable bonds is 2. The van der Waals surface area contributed by atoms with Gasteiger partial charge in [-0.3, -0.25) is 0 Å². The van der Waals surface area contributed by atoms with E-state index in [-0.39, 0.29) is 5.69 Å². The summed E-state index contributed by atoms with van der Waals surface area (Å²) in [5.41, 5.74) is 1.56. The van der Waals surface area contributed by atoms with Crippen molar-refractivity contribution >= 4 is 17.6 Å². The second-order valence-electron chi connectivity index (χ2n) is 3.40. The Hall–Kier alpha value is -1.81. The number of carboxylic acids is 1. The van der Waals surface area contributed by atoms with Crippen LogP contribution in [0.15, 0.2) is 28.8 Å². The van der Waals surface area contributed by atoms with Crippen molar-refractivity contribution in [1.82, 2.24) is 5.16 Å². The quantitative estimate of drug-likeness (QED) is 0.872. The van der Waals surface area contributed by atoms with E-state index in [9.17, 15) is 4.79 Å². The van der Waals surface area contributed by atoms with Crippen LogP contribution in [0.1, 0.15) is 16.1 Å². The fourth-order valence-corrected chi connectivity index (χ4v) is 1.68. The summed E-state index contributed by atoms with van der Waals surface area (Å²) >= 11 is 5.89. The Balaban J connectivity index is 2.46. The van der Waals surface area contributed by atoms with E-state index in [2.05, 4.69) is 5.16 Å². The highest BCUT2D eigenvalue weighted by atomic mass is 35.5. The highest BCUT2D eigenvalue weighted by Gasteiger charge is 2.12. The number of aromatic nitrogens is 1. The minimum absolute atomic E-state index is 0.118. The number of nitrogens with zero attached hydrogens (tertiary/aromatic N) is 1. The lowest BCUT2D eigenvalue weighted by atomic mass is 10.1. The topological polar surface area (TPSA) is 63.3 Å². The molecular formula is C11H8ClNO3. The Morgan fingerprint density at radius 3 is 2.69 bits per heavy atom. The number of halogens is 1. The Bertz CT molecular complexity index is 528. The summed E-state index contributed by atoms with van der Waals surface area (Å²) in [6.45, 7) is 1.89. The van der Waals surface area contributed by atoms with Gasteiger partial charge < -0.3 is 9.63 Å². The first-order chi connectivity index (χ1) is 7.56. The Morgan fingerprint density at radius 1 is 1.38 bits per heavy atom. The molecule has 4 nitrogen and oxygen atoms in total. The van der Waals surface area contributed by atoms with Gasteiger partial charge in [0.05, 0.1) is 0 Å². The molecule has 0 aliphatic carbocycles. The first-order valence-corrected chi connectivity index (χ1v) is 4.91. The molecule has 0 spiro atoms. The number of aromatic carboxylic acids is 1. The van der Waals surface area contributed by atoms with Crippen LogP contribution in [0.4, 0.5) is 0 Å². The number of hydrogen-bond acceptors (Lipinski definition) is 3. The van der Waals surface area contributed by atoms with E-state index in [1.165, 1.54) is 6.07 Å². The third-order valence-electron chi connectivity index (χ3n) is 2.06. The molecule has 82 valence electrons. The van der Waals surface area contributed by atoms with Crippen LogP contribution in [0.3, 0.4) is 0 Å². The Kier molecular flexibility index (Phi) is 2.66. The molecule has 5 heteroatoms. The highest BCUT2D eigenvalue weighted by Crippen LogP contribution is 2.25. The lowest BCUT2D eigenvalue weighted by Crippen LogP contribution is -1.94. The standard InChI is InChI=1S/C11H8ClNO3/c1-6-2-7(4-8(12)3-6)10-5-9(11(14)15)13-16-10/h2-5H,1H3,(H,14,15). The summed E-state index contributed by atoms with van der Waals surface area (Å²) in [5.74, 6) is -0.725. The smallest absolute Gasteiger partial charge is 0.358 e. The van der Waals surface area contributed by atoms with Crippen LogP contribution in [0.2, 0.25) is 5.02 Å². The third-order valence-corrected chi connectivity index (χ3v) is 2.27. The van der Waals surface area contributed by atoms with Crippen molar-refractivity contribution < 1.29 is 14.4 Å². The van der Waals surface area contributed by atoms with Gasteiger partial charge in [-0.25, -0.2) is 4.79 Å². The zero-order valence-corrected chi connectivity index (χ0v) is 9.15. The maximum absolute atomic E-state index is 10.6. The van der Waals surface area contributed by atoms with Gasteiger partial charge in [0.25, 0.3) is 0 Å². The molecule has 0 unspecified atom stereocenters. The Morgan fingerprint density at radius 2 is 2.12 bits per heavy atom. The second kappa shape index (κ2) is 3.98. The van der Waals surface area contributed by atoms with Crippen LogP contribution < -0.4 is 0 Å². The van der Waals surface area contributed by atoms with Crippen LogP contribution in [-0.4, -0.2) is 16.2 Å². The van der Waals surface area contributed by atoms with Crippen molar-refractivity contribution in [1.29, 1.82) is 0 Å². The molecular weight excluding hydrogens is 230 g/mol. The fraction of sp³-hybridized carbons (Fsp3) is 0.0909. The molecule has 16 heavy (non-hydrogen) atoms. The van der Waals surface area contributed by atoms with Gasteiger partial charge in [-0.05, 0) is 30.7 Å². The number of benzene rings is 1. The third kappa shape index (κ3) is 2.06. The molecule has 1 aromatic heterocycles. The van der Waals surface area contributed by atoms with Crippen molar-refractivity contribution in [3.63, 3.8) is 0 Å². The van der Waals surface area contributed by atoms with E-state index in [0.717, 1.165) is 5.56 Å². The van der Waals surface area contributed by atoms with Crippen molar-refractivity contribution in [2.45, 2.75) is 6.92 Å². The molecule has 1 aromatic carbocycles. The first-order valence-electron chi connectivity index (χ1n) is 4.54. The van der Waals surface area contributed by atoms with E-state index in [4.69, 9.17) is 21.2 Å². The summed E-state index contributed by atoms with van der Waals surface area (Å²) < 4.78 is 4.93. The first kappa shape index (κ1) is 10.7. The van der Waals surface area contributed by atoms with E-state index in [1.54, 1.807) is 12.1 Å². The average molecular weight is 238 g/mol. The average Bonchev–Trinajstić information content (AvgIpc) is 2.64. The van der Waals surface area contributed by atoms with Gasteiger partial charge in [0.2, 0.25) is 0 Å². The molecule has 0 bridgehead atoms. The van der Waals surface area contributed by atoms with E-state index >= 15 is 0 Å². The molecule has 0 saturated carbocycles. The minimum Gasteiger partial charge on any atom is -0.476 e. The predicted octanol–water partition coefficient (Wildman–Crippen LogP) is 3.00. The second-order valence-corrected chi connectivity index (χ2v) is 3.84. The van der Waals surface area contributed by atoms with Gasteiger partial charge in [-0.1, -0.05) is 16.8 Å². The van der Waals surface area contributed by atoms with Crippen LogP contribution >= 0.6 is 11.6 Å². The van der Waals surface area contributed by atoms with Crippen molar-refractivity contribution in [3.05, 3.63) is 40.5 Å². The fourth-order valence-electron chi connectivity index (χ4n) is 1.39. The van der Waals surface area contributed by atoms with Gasteiger partial charge in [-0.15, -0.1) is 0 Å². The van der Waals surface area contributed by atoms with Crippen molar-refractivity contribution in [2.75, 3.05) is 0 Å². The summed E-state index contributed by atoms with van der Waals surface area (Å²) in [4.78, 5) is 10.6. The van der Waals surface area contributed by atoms with Gasteiger partial charge in [0.1, 0.15) is 0 Å². The zero-order chi connectivity index (χ0) is 11.7. The maximum atomic E-state index is 10.6. The normalized spacial score (nSPS) is 10.4. The van der Waals surface area contributed by atoms with Crippen LogP contribution in [0.5, 0.6) is 0 Å². The van der Waals surface area contributed by atoms with Crippen LogP contribution in [-0.2, 0) is 0 Å². The number of carbonyl (C=O) groups is 1. The van der Waals surface area contributed by atoms with Gasteiger partial charge >= 0.3 is 5.97 Å². The van der Waals surface area contributed by atoms with E-state index < -0.39 is 5.97 Å². The SMILES string of the molecule is Cc1cc(Cl)cc(-c2cc(C(=O)O)no2)c1. The van der Waals surface area contributed by atoms with E-state index in [0.29, 0.717) is 16.3 Å².